The molecule has 0 bridgehead atoms. The Balaban J connectivity index is 1.29. The van der Waals surface area contributed by atoms with E-state index in [1.54, 1.807) is 0 Å². The van der Waals surface area contributed by atoms with Gasteiger partial charge in [0.2, 0.25) is 11.8 Å². The first kappa shape index (κ1) is 21.9. The third-order valence-corrected chi connectivity index (χ3v) is 7.91. The van der Waals surface area contributed by atoms with Gasteiger partial charge in [0.25, 0.3) is 5.91 Å². The summed E-state index contributed by atoms with van der Waals surface area (Å²) in [6, 6.07) is 0. The maximum Gasteiger partial charge on any atom is 0.251 e. The number of nitrogens with zero attached hydrogens (tertiary/aromatic N) is 3. The first-order valence-corrected chi connectivity index (χ1v) is 12.3. The molecule has 1 saturated heterocycles. The fourth-order valence-electron chi connectivity index (χ4n) is 4.16. The van der Waals surface area contributed by atoms with Crippen molar-refractivity contribution in [1.82, 2.24) is 14.8 Å². The molecule has 166 valence electrons. The lowest BCUT2D eigenvalue weighted by Crippen LogP contribution is -2.50. The van der Waals surface area contributed by atoms with Crippen LogP contribution in [0, 0.1) is 6.92 Å². The molecule has 2 aromatic rings. The second kappa shape index (κ2) is 9.46. The molecular formula is C21H27N5O3S2. The van der Waals surface area contributed by atoms with Crippen LogP contribution < -0.4 is 11.1 Å². The van der Waals surface area contributed by atoms with Crippen LogP contribution in [0.3, 0.4) is 0 Å². The molecule has 1 fully saturated rings. The summed E-state index contributed by atoms with van der Waals surface area (Å²) >= 11 is 2.99. The Labute approximate surface area is 189 Å². The summed E-state index contributed by atoms with van der Waals surface area (Å²) in [5.41, 5.74) is 8.05. The second-order valence-electron chi connectivity index (χ2n) is 8.04. The van der Waals surface area contributed by atoms with E-state index in [2.05, 4.69) is 10.3 Å². The molecule has 3 N–H and O–H groups in total. The highest BCUT2D eigenvalue weighted by Gasteiger charge is 2.27. The molecule has 0 radical (unpaired) electrons. The number of piperazine rings is 1. The quantitative estimate of drug-likeness (QED) is 0.682. The molecule has 4 rings (SSSR count). The number of fused-ring (bicyclic) bond motifs is 1. The average Bonchev–Trinajstić information content (AvgIpc) is 3.30. The maximum absolute atomic E-state index is 12.6. The van der Waals surface area contributed by atoms with Crippen molar-refractivity contribution in [3.63, 3.8) is 0 Å². The molecule has 0 spiro atoms. The molecule has 0 saturated carbocycles. The summed E-state index contributed by atoms with van der Waals surface area (Å²) in [5.74, 6) is -0.551. The highest BCUT2D eigenvalue weighted by atomic mass is 32.1. The lowest BCUT2D eigenvalue weighted by molar-refractivity contribution is -0.132. The van der Waals surface area contributed by atoms with E-state index in [4.69, 9.17) is 5.73 Å². The first-order valence-electron chi connectivity index (χ1n) is 10.6. The second-order valence-corrected chi connectivity index (χ2v) is 10.1. The van der Waals surface area contributed by atoms with Crippen LogP contribution in [0.15, 0.2) is 5.38 Å². The van der Waals surface area contributed by atoms with Crippen molar-refractivity contribution < 1.29 is 14.4 Å². The van der Waals surface area contributed by atoms with Gasteiger partial charge in [-0.25, -0.2) is 4.98 Å². The van der Waals surface area contributed by atoms with Gasteiger partial charge < -0.3 is 16.0 Å². The number of carbonyl (C=O) groups is 3. The fraction of sp³-hybridized carbons (Fsp3) is 0.524. The average molecular weight is 462 g/mol. The number of hydrogen-bond donors (Lipinski definition) is 2. The van der Waals surface area contributed by atoms with Gasteiger partial charge in [0.1, 0.15) is 10.0 Å². The van der Waals surface area contributed by atoms with Crippen LogP contribution in [-0.4, -0.2) is 65.2 Å². The van der Waals surface area contributed by atoms with Crippen LogP contribution in [-0.2, 0) is 28.9 Å². The van der Waals surface area contributed by atoms with Crippen molar-refractivity contribution in [1.29, 1.82) is 0 Å². The molecule has 0 aromatic carbocycles. The summed E-state index contributed by atoms with van der Waals surface area (Å²) in [7, 11) is 0. The van der Waals surface area contributed by atoms with Gasteiger partial charge in [-0.2, -0.15) is 0 Å². The number of primary amides is 1. The number of carbonyl (C=O) groups excluding carboxylic acids is 3. The molecule has 8 nitrogen and oxygen atoms in total. The zero-order valence-corrected chi connectivity index (χ0v) is 19.2. The van der Waals surface area contributed by atoms with Crippen LogP contribution >= 0.6 is 22.7 Å². The van der Waals surface area contributed by atoms with E-state index < -0.39 is 5.91 Å². The van der Waals surface area contributed by atoms with E-state index in [-0.39, 0.29) is 18.4 Å². The van der Waals surface area contributed by atoms with E-state index in [1.807, 2.05) is 22.1 Å². The van der Waals surface area contributed by atoms with Crippen molar-refractivity contribution in [3.05, 3.63) is 32.1 Å². The Morgan fingerprint density at radius 1 is 1.16 bits per heavy atom. The van der Waals surface area contributed by atoms with E-state index in [1.165, 1.54) is 22.7 Å². The predicted molar refractivity (Wildman–Crippen MR) is 122 cm³/mol. The number of thiazole rings is 1. The number of anilines is 1. The van der Waals surface area contributed by atoms with Crippen LogP contribution in [0.25, 0.3) is 0 Å². The lowest BCUT2D eigenvalue weighted by atomic mass is 9.95. The molecule has 1 aliphatic heterocycles. The van der Waals surface area contributed by atoms with Crippen LogP contribution in [0.1, 0.15) is 44.3 Å². The molecule has 1 aliphatic carbocycles. The third-order valence-electron chi connectivity index (χ3n) is 5.73. The lowest BCUT2D eigenvalue weighted by Gasteiger charge is -2.34. The number of nitrogens with two attached hydrogens (primary N) is 1. The van der Waals surface area contributed by atoms with Crippen LogP contribution in [0.5, 0.6) is 0 Å². The Morgan fingerprint density at radius 2 is 1.90 bits per heavy atom. The number of nitrogens with one attached hydrogen (secondary N) is 1. The summed E-state index contributed by atoms with van der Waals surface area (Å²) < 4.78 is 0. The third kappa shape index (κ3) is 5.13. The molecule has 10 heteroatoms. The van der Waals surface area contributed by atoms with E-state index in [9.17, 15) is 14.4 Å². The standard InChI is InChI=1S/C21H27N5O3S2/c1-13-12-30-17(23-13)10-18(28)26-8-6-25(7-9-26)11-16(27)24-21-19(20(22)29)14-4-2-3-5-15(14)31-21/h12H,2-11H2,1H3,(H2,22,29)(H,24,27). The van der Waals surface area contributed by atoms with Gasteiger partial charge >= 0.3 is 0 Å². The zero-order valence-electron chi connectivity index (χ0n) is 17.6. The number of amides is 3. The molecular weight excluding hydrogens is 434 g/mol. The van der Waals surface area contributed by atoms with Crippen molar-refractivity contribution in [3.8, 4) is 0 Å². The van der Waals surface area contributed by atoms with Gasteiger partial charge in [-0.3, -0.25) is 19.3 Å². The van der Waals surface area contributed by atoms with Crippen molar-refractivity contribution in [2.45, 2.75) is 39.0 Å². The minimum Gasteiger partial charge on any atom is -0.365 e. The van der Waals surface area contributed by atoms with Crippen molar-refractivity contribution in [2.75, 3.05) is 38.0 Å². The molecule has 0 atom stereocenters. The first-order chi connectivity index (χ1) is 14.9. The largest absolute Gasteiger partial charge is 0.365 e. The SMILES string of the molecule is Cc1csc(CC(=O)N2CCN(CC(=O)Nc3sc4c(c3C(N)=O)CCCC4)CC2)n1. The highest BCUT2D eigenvalue weighted by Crippen LogP contribution is 2.37. The normalized spacial score (nSPS) is 16.7. The number of aromatic nitrogens is 1. The van der Waals surface area contributed by atoms with Crippen molar-refractivity contribution in [2.24, 2.45) is 5.73 Å². The van der Waals surface area contributed by atoms with Gasteiger partial charge in [0.05, 0.1) is 18.5 Å². The van der Waals surface area contributed by atoms with E-state index in [0.717, 1.165) is 46.8 Å². The summed E-state index contributed by atoms with van der Waals surface area (Å²) in [6.07, 6.45) is 4.26. The minimum atomic E-state index is -0.475. The Bertz CT molecular complexity index is 991. The molecule has 31 heavy (non-hydrogen) atoms. The highest BCUT2D eigenvalue weighted by molar-refractivity contribution is 7.17. The van der Waals surface area contributed by atoms with E-state index in [0.29, 0.717) is 43.2 Å². The van der Waals surface area contributed by atoms with Gasteiger partial charge in [-0.15, -0.1) is 22.7 Å². The molecule has 0 unspecified atom stereocenters. The predicted octanol–water partition coefficient (Wildman–Crippen LogP) is 1.82. The van der Waals surface area contributed by atoms with Gasteiger partial charge in [0.15, 0.2) is 0 Å². The fourth-order valence-corrected chi connectivity index (χ4v) is 6.24. The molecule has 2 aliphatic rings. The van der Waals surface area contributed by atoms with Gasteiger partial charge in [-0.1, -0.05) is 0 Å². The smallest absolute Gasteiger partial charge is 0.251 e. The Hall–Kier alpha value is -2.30. The van der Waals surface area contributed by atoms with Crippen LogP contribution in [0.2, 0.25) is 0 Å². The summed E-state index contributed by atoms with van der Waals surface area (Å²) in [4.78, 5) is 46.5. The van der Waals surface area contributed by atoms with Crippen molar-refractivity contribution >= 4 is 45.4 Å². The number of thiophene rings is 1. The molecule has 3 amide bonds. The summed E-state index contributed by atoms with van der Waals surface area (Å²) in [6.45, 7) is 4.62. The zero-order chi connectivity index (χ0) is 22.0. The van der Waals surface area contributed by atoms with Gasteiger partial charge in [0, 0.05) is 42.1 Å². The Kier molecular flexibility index (Phi) is 6.68. The van der Waals surface area contributed by atoms with Crippen LogP contribution in [0.4, 0.5) is 5.00 Å². The topological polar surface area (TPSA) is 109 Å². The number of rotatable bonds is 6. The summed E-state index contributed by atoms with van der Waals surface area (Å²) in [5, 5.41) is 6.29. The number of aryl methyl sites for hydroxylation is 2. The molecule has 3 heterocycles. The maximum atomic E-state index is 12.6. The molecule has 2 aromatic heterocycles. The number of hydrogen-bond acceptors (Lipinski definition) is 7. The van der Waals surface area contributed by atoms with Gasteiger partial charge in [-0.05, 0) is 38.2 Å². The minimum absolute atomic E-state index is 0.0775. The van der Waals surface area contributed by atoms with E-state index >= 15 is 0 Å². The Morgan fingerprint density at radius 3 is 2.58 bits per heavy atom. The monoisotopic (exact) mass is 461 g/mol.